The molecule has 0 aromatic heterocycles. The van der Waals surface area contributed by atoms with E-state index in [0.717, 1.165) is 35.2 Å². The molecule has 2 aromatic carbocycles. The number of allylic oxidation sites excluding steroid dienone is 2. The summed E-state index contributed by atoms with van der Waals surface area (Å²) in [7, 11) is 4.01. The highest BCUT2D eigenvalue weighted by atomic mass is 16.2. The van der Waals surface area contributed by atoms with Crippen molar-refractivity contribution in [3.05, 3.63) is 82.9 Å². The fourth-order valence-corrected chi connectivity index (χ4v) is 3.79. The first-order valence-corrected chi connectivity index (χ1v) is 12.8. The average molecular weight is 498 g/mol. The number of barbiturate groups is 1. The molecule has 0 N–H and O–H groups in total. The first kappa shape index (κ1) is 27.5. The van der Waals surface area contributed by atoms with Gasteiger partial charge in [0.25, 0.3) is 11.8 Å². The van der Waals surface area contributed by atoms with E-state index in [9.17, 15) is 14.4 Å². The number of imide groups is 2. The van der Waals surface area contributed by atoms with Crippen molar-refractivity contribution < 1.29 is 14.4 Å². The van der Waals surface area contributed by atoms with Crippen LogP contribution in [0.5, 0.6) is 0 Å². The van der Waals surface area contributed by atoms with Gasteiger partial charge in [-0.2, -0.15) is 0 Å². The highest BCUT2D eigenvalue weighted by Gasteiger charge is 2.40. The predicted molar refractivity (Wildman–Crippen MR) is 149 cm³/mol. The Hall–Kier alpha value is -4.11. The van der Waals surface area contributed by atoms with E-state index >= 15 is 0 Å². The number of hydrogen-bond donors (Lipinski definition) is 0. The van der Waals surface area contributed by atoms with Gasteiger partial charge < -0.3 is 4.90 Å². The number of rotatable bonds is 9. The van der Waals surface area contributed by atoms with E-state index in [4.69, 9.17) is 0 Å². The van der Waals surface area contributed by atoms with Crippen LogP contribution in [0.25, 0.3) is 6.08 Å². The van der Waals surface area contributed by atoms with Crippen molar-refractivity contribution in [2.45, 2.75) is 39.5 Å². The molecule has 6 heteroatoms. The zero-order valence-electron chi connectivity index (χ0n) is 22.2. The fraction of sp³-hybridized carbons (Fsp3) is 0.323. The van der Waals surface area contributed by atoms with E-state index in [2.05, 4.69) is 11.8 Å². The van der Waals surface area contributed by atoms with Crippen molar-refractivity contribution in [3.63, 3.8) is 0 Å². The Balaban J connectivity index is 1.73. The molecule has 3 rings (SSSR count). The summed E-state index contributed by atoms with van der Waals surface area (Å²) >= 11 is 0. The lowest BCUT2D eigenvalue weighted by Crippen LogP contribution is -2.56. The third-order valence-electron chi connectivity index (χ3n) is 6.08. The van der Waals surface area contributed by atoms with Gasteiger partial charge in [0.2, 0.25) is 0 Å². The fourth-order valence-electron chi connectivity index (χ4n) is 3.79. The zero-order valence-corrected chi connectivity index (χ0v) is 22.2. The molecule has 0 radical (unpaired) electrons. The summed E-state index contributed by atoms with van der Waals surface area (Å²) < 4.78 is 0. The van der Waals surface area contributed by atoms with Crippen LogP contribution < -0.4 is 4.90 Å². The molecule has 0 bridgehead atoms. The maximum atomic E-state index is 12.9. The van der Waals surface area contributed by atoms with Crippen molar-refractivity contribution in [2.24, 2.45) is 0 Å². The molecule has 1 aliphatic rings. The molecule has 1 aliphatic heterocycles. The smallest absolute Gasteiger partial charge is 0.333 e. The second-order valence-electron chi connectivity index (χ2n) is 9.16. The van der Waals surface area contributed by atoms with Crippen LogP contribution in [0.1, 0.15) is 56.2 Å². The number of nitrogens with zero attached hydrogens (tertiary/aromatic N) is 3. The molecule has 2 aromatic rings. The van der Waals surface area contributed by atoms with Crippen molar-refractivity contribution >= 4 is 29.6 Å². The molecule has 192 valence electrons. The molecule has 1 saturated heterocycles. The number of hydrogen-bond acceptors (Lipinski definition) is 4. The number of amides is 4. The first-order chi connectivity index (χ1) is 17.8. The van der Waals surface area contributed by atoms with Gasteiger partial charge in [0, 0.05) is 44.0 Å². The van der Waals surface area contributed by atoms with Crippen LogP contribution in [0.4, 0.5) is 10.5 Å². The zero-order chi connectivity index (χ0) is 26.8. The van der Waals surface area contributed by atoms with Crippen molar-refractivity contribution in [2.75, 3.05) is 32.1 Å². The van der Waals surface area contributed by atoms with E-state index in [1.54, 1.807) is 6.08 Å². The van der Waals surface area contributed by atoms with E-state index in [-0.39, 0.29) is 5.57 Å². The molecular formula is C31H35N3O3. The van der Waals surface area contributed by atoms with Crippen LogP contribution in [0.2, 0.25) is 0 Å². The molecule has 0 aliphatic carbocycles. The summed E-state index contributed by atoms with van der Waals surface area (Å²) in [6.07, 6.45) is 8.13. The Morgan fingerprint density at radius 1 is 0.757 bits per heavy atom. The van der Waals surface area contributed by atoms with Crippen molar-refractivity contribution in [1.82, 2.24) is 9.80 Å². The maximum Gasteiger partial charge on any atom is 0.333 e. The summed E-state index contributed by atoms with van der Waals surface area (Å²) in [5, 5.41) is 0. The topological polar surface area (TPSA) is 60.9 Å². The Bertz CT molecular complexity index is 1200. The maximum absolute atomic E-state index is 12.9. The molecule has 4 amide bonds. The number of unbranched alkanes of at least 4 members (excludes halogenated alkanes) is 2. The lowest BCUT2D eigenvalue weighted by Gasteiger charge is -2.33. The van der Waals surface area contributed by atoms with Gasteiger partial charge in [0.05, 0.1) is 0 Å². The highest BCUT2D eigenvalue weighted by Crippen LogP contribution is 2.19. The second-order valence-corrected chi connectivity index (χ2v) is 9.16. The first-order valence-electron chi connectivity index (χ1n) is 12.8. The highest BCUT2D eigenvalue weighted by molar-refractivity contribution is 6.28. The Morgan fingerprint density at radius 3 is 1.70 bits per heavy atom. The number of carbonyl (C=O) groups is 3. The molecule has 0 atom stereocenters. The molecule has 1 fully saturated rings. The van der Waals surface area contributed by atoms with Crippen LogP contribution >= 0.6 is 0 Å². The lowest BCUT2D eigenvalue weighted by atomic mass is 10.1. The molecular weight excluding hydrogens is 462 g/mol. The van der Waals surface area contributed by atoms with Crippen LogP contribution in [0.15, 0.2) is 66.3 Å². The molecule has 0 spiro atoms. The Labute approximate surface area is 220 Å². The summed E-state index contributed by atoms with van der Waals surface area (Å²) in [6, 6.07) is 15.3. The molecule has 1 heterocycles. The molecule has 37 heavy (non-hydrogen) atoms. The minimum absolute atomic E-state index is 0.0193. The van der Waals surface area contributed by atoms with Crippen LogP contribution in [0.3, 0.4) is 0 Å². The standard InChI is InChI=1S/C31H35N3O3/c1-5-7-22-33-29(35)28(30(36)34(31(33)37)23-8-6-2)11-9-10-24-12-14-25(15-13-24)16-17-26-18-20-27(21-19-26)32(3)4/h9-15,18-21H,5-8,22-23H2,1-4H3/b10-9+. The van der Waals surface area contributed by atoms with E-state index in [1.807, 2.05) is 87.4 Å². The average Bonchev–Trinajstić information content (AvgIpc) is 2.90. The van der Waals surface area contributed by atoms with E-state index in [0.29, 0.717) is 25.9 Å². The van der Waals surface area contributed by atoms with Crippen molar-refractivity contribution in [3.8, 4) is 11.8 Å². The molecule has 6 nitrogen and oxygen atoms in total. The minimum atomic E-state index is -0.523. The van der Waals surface area contributed by atoms with Crippen LogP contribution in [0, 0.1) is 11.8 Å². The van der Waals surface area contributed by atoms with Crippen molar-refractivity contribution in [1.29, 1.82) is 0 Å². The van der Waals surface area contributed by atoms with Crippen LogP contribution in [-0.4, -0.2) is 54.8 Å². The van der Waals surface area contributed by atoms with Gasteiger partial charge in [-0.15, -0.1) is 0 Å². The minimum Gasteiger partial charge on any atom is -0.378 e. The molecule has 0 saturated carbocycles. The van der Waals surface area contributed by atoms with Gasteiger partial charge in [0.15, 0.2) is 0 Å². The van der Waals surface area contributed by atoms with Gasteiger partial charge in [-0.1, -0.05) is 62.8 Å². The summed E-state index contributed by atoms with van der Waals surface area (Å²) in [5.74, 6) is 5.30. The summed E-state index contributed by atoms with van der Waals surface area (Å²) in [5.41, 5.74) is 3.90. The number of benzene rings is 2. The van der Waals surface area contributed by atoms with E-state index < -0.39 is 17.8 Å². The SMILES string of the molecule is CCCCN1C(=O)C(=C/C=C/c2ccc(C#Cc3ccc(N(C)C)cc3)cc2)C(=O)N(CCCC)C1=O. The van der Waals surface area contributed by atoms with Crippen LogP contribution in [-0.2, 0) is 9.59 Å². The Kier molecular flexibility index (Phi) is 9.85. The number of urea groups is 1. The van der Waals surface area contributed by atoms with Gasteiger partial charge >= 0.3 is 6.03 Å². The normalized spacial score (nSPS) is 13.7. The monoisotopic (exact) mass is 497 g/mol. The number of carbonyl (C=O) groups excluding carboxylic acids is 3. The summed E-state index contributed by atoms with van der Waals surface area (Å²) in [4.78, 5) is 43.1. The quantitative estimate of drug-likeness (QED) is 0.261. The van der Waals surface area contributed by atoms with Gasteiger partial charge in [-0.3, -0.25) is 19.4 Å². The van der Waals surface area contributed by atoms with Gasteiger partial charge in [-0.25, -0.2) is 4.79 Å². The second kappa shape index (κ2) is 13.3. The third kappa shape index (κ3) is 7.20. The van der Waals surface area contributed by atoms with E-state index in [1.165, 1.54) is 15.9 Å². The van der Waals surface area contributed by atoms with Gasteiger partial charge in [0.1, 0.15) is 5.57 Å². The predicted octanol–water partition coefficient (Wildman–Crippen LogP) is 5.48. The Morgan fingerprint density at radius 2 is 1.24 bits per heavy atom. The molecule has 0 unspecified atom stereocenters. The summed E-state index contributed by atoms with van der Waals surface area (Å²) in [6.45, 7) is 4.62. The largest absolute Gasteiger partial charge is 0.378 e. The number of anilines is 1. The lowest BCUT2D eigenvalue weighted by molar-refractivity contribution is -0.136. The van der Waals surface area contributed by atoms with Gasteiger partial charge in [-0.05, 0) is 60.9 Å². The third-order valence-corrected chi connectivity index (χ3v) is 6.08.